The summed E-state index contributed by atoms with van der Waals surface area (Å²) in [6.07, 6.45) is 3.09. The lowest BCUT2D eigenvalue weighted by Gasteiger charge is -2.03. The second kappa shape index (κ2) is 4.46. The molecule has 0 unspecified atom stereocenters. The van der Waals surface area contributed by atoms with Crippen LogP contribution >= 0.6 is 23.4 Å². The first-order valence-corrected chi connectivity index (χ1v) is 5.31. The zero-order valence-corrected chi connectivity index (χ0v) is 9.16. The molecule has 0 aromatic carbocycles. The Morgan fingerprint density at radius 2 is 2.07 bits per heavy atom. The standard InChI is InChI=1S/C9H7ClN4S/c10-8-7(11)9(14-5-13-8)15-6-3-1-2-4-12-6/h1-5H,11H2. The molecule has 0 saturated carbocycles. The number of hydrogen-bond donors (Lipinski definition) is 1. The predicted molar refractivity (Wildman–Crippen MR) is 59.8 cm³/mol. The molecule has 0 saturated heterocycles. The first-order chi connectivity index (χ1) is 7.27. The highest BCUT2D eigenvalue weighted by atomic mass is 35.5. The van der Waals surface area contributed by atoms with Crippen LogP contribution < -0.4 is 5.73 Å². The van der Waals surface area contributed by atoms with Gasteiger partial charge in [0.25, 0.3) is 0 Å². The van der Waals surface area contributed by atoms with Crippen molar-refractivity contribution in [3.8, 4) is 0 Å². The maximum atomic E-state index is 5.77. The average molecular weight is 239 g/mol. The first kappa shape index (κ1) is 10.2. The lowest BCUT2D eigenvalue weighted by Crippen LogP contribution is -1.95. The molecule has 0 spiro atoms. The quantitative estimate of drug-likeness (QED) is 0.813. The fraction of sp³-hybridized carbons (Fsp3) is 0. The smallest absolute Gasteiger partial charge is 0.156 e. The van der Waals surface area contributed by atoms with E-state index in [0.29, 0.717) is 10.7 Å². The Hall–Kier alpha value is -1.33. The van der Waals surface area contributed by atoms with Crippen LogP contribution in [0.15, 0.2) is 40.8 Å². The summed E-state index contributed by atoms with van der Waals surface area (Å²) in [5.41, 5.74) is 6.11. The molecule has 6 heteroatoms. The van der Waals surface area contributed by atoms with Gasteiger partial charge in [0.05, 0.1) is 0 Å². The van der Waals surface area contributed by atoms with Crippen LogP contribution in [0.5, 0.6) is 0 Å². The van der Waals surface area contributed by atoms with Gasteiger partial charge < -0.3 is 5.73 Å². The highest BCUT2D eigenvalue weighted by Crippen LogP contribution is 2.31. The highest BCUT2D eigenvalue weighted by molar-refractivity contribution is 7.99. The summed E-state index contributed by atoms with van der Waals surface area (Å²) in [6.45, 7) is 0. The van der Waals surface area contributed by atoms with Crippen molar-refractivity contribution in [3.05, 3.63) is 35.9 Å². The van der Waals surface area contributed by atoms with Gasteiger partial charge in [0.2, 0.25) is 0 Å². The number of aromatic nitrogens is 3. The minimum atomic E-state index is 0.267. The Balaban J connectivity index is 2.29. The number of anilines is 1. The predicted octanol–water partition coefficient (Wildman–Crippen LogP) is 2.26. The Labute approximate surface area is 95.9 Å². The summed E-state index contributed by atoms with van der Waals surface area (Å²) < 4.78 is 0. The van der Waals surface area contributed by atoms with E-state index < -0.39 is 0 Å². The fourth-order valence-corrected chi connectivity index (χ4v) is 1.90. The molecule has 0 fully saturated rings. The Morgan fingerprint density at radius 3 is 2.80 bits per heavy atom. The van der Waals surface area contributed by atoms with Gasteiger partial charge in [0, 0.05) is 6.20 Å². The molecule has 0 aliphatic rings. The van der Waals surface area contributed by atoms with Crippen LogP contribution in [0.25, 0.3) is 0 Å². The maximum absolute atomic E-state index is 5.77. The van der Waals surface area contributed by atoms with Crippen LogP contribution in [0.4, 0.5) is 5.69 Å². The van der Waals surface area contributed by atoms with E-state index in [9.17, 15) is 0 Å². The van der Waals surface area contributed by atoms with E-state index in [4.69, 9.17) is 17.3 Å². The second-order valence-corrected chi connectivity index (χ2v) is 4.02. The molecule has 76 valence electrons. The molecule has 0 amide bonds. The molecule has 0 aliphatic heterocycles. The SMILES string of the molecule is Nc1c(Cl)ncnc1Sc1ccccn1. The highest BCUT2D eigenvalue weighted by Gasteiger charge is 2.07. The molecule has 15 heavy (non-hydrogen) atoms. The van der Waals surface area contributed by atoms with Crippen molar-refractivity contribution in [2.45, 2.75) is 10.1 Å². The number of nitrogens with two attached hydrogens (primary N) is 1. The van der Waals surface area contributed by atoms with E-state index in [1.54, 1.807) is 6.20 Å². The third-order valence-corrected chi connectivity index (χ3v) is 2.91. The number of halogens is 1. The first-order valence-electron chi connectivity index (χ1n) is 4.12. The van der Waals surface area contributed by atoms with Gasteiger partial charge in [0.1, 0.15) is 22.1 Å². The summed E-state index contributed by atoms with van der Waals surface area (Å²) in [7, 11) is 0. The zero-order valence-electron chi connectivity index (χ0n) is 7.59. The summed E-state index contributed by atoms with van der Waals surface area (Å²) in [4.78, 5) is 12.0. The van der Waals surface area contributed by atoms with Crippen molar-refractivity contribution in [2.24, 2.45) is 0 Å². The number of hydrogen-bond acceptors (Lipinski definition) is 5. The van der Waals surface area contributed by atoms with Gasteiger partial charge in [-0.2, -0.15) is 0 Å². The van der Waals surface area contributed by atoms with E-state index >= 15 is 0 Å². The molecule has 2 aromatic rings. The van der Waals surface area contributed by atoms with Gasteiger partial charge in [-0.25, -0.2) is 15.0 Å². The van der Waals surface area contributed by atoms with Crippen LogP contribution in [-0.2, 0) is 0 Å². The van der Waals surface area contributed by atoms with E-state index in [1.165, 1.54) is 18.1 Å². The van der Waals surface area contributed by atoms with Gasteiger partial charge in [0.15, 0.2) is 5.15 Å². The van der Waals surface area contributed by atoms with E-state index in [-0.39, 0.29) is 5.15 Å². The lowest BCUT2D eigenvalue weighted by molar-refractivity contribution is 1.04. The summed E-state index contributed by atoms with van der Waals surface area (Å²) in [5, 5.41) is 1.70. The summed E-state index contributed by atoms with van der Waals surface area (Å²) in [6, 6.07) is 5.62. The fourth-order valence-electron chi connectivity index (χ4n) is 0.947. The van der Waals surface area contributed by atoms with Crippen LogP contribution in [-0.4, -0.2) is 15.0 Å². The molecule has 0 radical (unpaired) electrons. The normalized spacial score (nSPS) is 10.2. The molecule has 4 nitrogen and oxygen atoms in total. The van der Waals surface area contributed by atoms with E-state index in [0.717, 1.165) is 5.03 Å². The van der Waals surface area contributed by atoms with Gasteiger partial charge in [-0.3, -0.25) is 0 Å². The van der Waals surface area contributed by atoms with Crippen LogP contribution in [0, 0.1) is 0 Å². The van der Waals surface area contributed by atoms with Crippen LogP contribution in [0.1, 0.15) is 0 Å². The van der Waals surface area contributed by atoms with Crippen LogP contribution in [0.2, 0.25) is 5.15 Å². The third-order valence-electron chi connectivity index (χ3n) is 1.64. The molecular weight excluding hydrogens is 232 g/mol. The molecule has 2 N–H and O–H groups in total. The molecule has 0 bridgehead atoms. The van der Waals surface area contributed by atoms with Crippen molar-refractivity contribution in [3.63, 3.8) is 0 Å². The monoisotopic (exact) mass is 238 g/mol. The van der Waals surface area contributed by atoms with Crippen molar-refractivity contribution in [1.82, 2.24) is 15.0 Å². The zero-order chi connectivity index (χ0) is 10.7. The van der Waals surface area contributed by atoms with Crippen molar-refractivity contribution >= 4 is 29.1 Å². The lowest BCUT2D eigenvalue weighted by atomic mass is 10.5. The molecule has 2 rings (SSSR count). The minimum Gasteiger partial charge on any atom is -0.394 e. The third kappa shape index (κ3) is 2.37. The van der Waals surface area contributed by atoms with E-state index in [2.05, 4.69) is 15.0 Å². The van der Waals surface area contributed by atoms with E-state index in [1.807, 2.05) is 18.2 Å². The molecule has 2 heterocycles. The number of pyridine rings is 1. The topological polar surface area (TPSA) is 64.7 Å². The second-order valence-electron chi connectivity index (χ2n) is 2.65. The van der Waals surface area contributed by atoms with Gasteiger partial charge in [-0.05, 0) is 23.9 Å². The number of rotatable bonds is 2. The van der Waals surface area contributed by atoms with Gasteiger partial charge >= 0.3 is 0 Å². The van der Waals surface area contributed by atoms with Gasteiger partial charge in [-0.1, -0.05) is 17.7 Å². The molecule has 0 aliphatic carbocycles. The Kier molecular flexibility index (Phi) is 3.03. The molecule has 0 atom stereocenters. The maximum Gasteiger partial charge on any atom is 0.156 e. The largest absolute Gasteiger partial charge is 0.394 e. The van der Waals surface area contributed by atoms with Crippen molar-refractivity contribution < 1.29 is 0 Å². The van der Waals surface area contributed by atoms with Gasteiger partial charge in [-0.15, -0.1) is 0 Å². The summed E-state index contributed by atoms with van der Waals surface area (Å²) in [5.74, 6) is 0. The average Bonchev–Trinajstić information content (AvgIpc) is 2.26. The minimum absolute atomic E-state index is 0.267. The molecular formula is C9H7ClN4S. The number of nitrogen functional groups attached to an aromatic ring is 1. The Morgan fingerprint density at radius 1 is 1.20 bits per heavy atom. The van der Waals surface area contributed by atoms with Crippen molar-refractivity contribution in [1.29, 1.82) is 0 Å². The number of nitrogens with zero attached hydrogens (tertiary/aromatic N) is 3. The Bertz CT molecular complexity index is 463. The molecule has 2 aromatic heterocycles. The summed E-state index contributed by atoms with van der Waals surface area (Å²) >= 11 is 7.13. The van der Waals surface area contributed by atoms with Crippen molar-refractivity contribution in [2.75, 3.05) is 5.73 Å². The van der Waals surface area contributed by atoms with Crippen LogP contribution in [0.3, 0.4) is 0 Å².